The Morgan fingerprint density at radius 1 is 1.27 bits per heavy atom. The summed E-state index contributed by atoms with van der Waals surface area (Å²) in [6, 6.07) is 6.09. The largest absolute Gasteiger partial charge is 0.374 e. The normalized spacial score (nSPS) is 29.9. The van der Waals surface area contributed by atoms with Crippen molar-refractivity contribution >= 4 is 35.6 Å². The Morgan fingerprint density at radius 2 is 2.04 bits per heavy atom. The number of nitrogens with zero attached hydrogens (tertiary/aromatic N) is 4. The lowest BCUT2D eigenvalue weighted by Crippen LogP contribution is -2.42. The minimum Gasteiger partial charge on any atom is -0.374 e. The van der Waals surface area contributed by atoms with Crippen molar-refractivity contribution in [3.8, 4) is 0 Å². The maximum absolute atomic E-state index is 6.07. The van der Waals surface area contributed by atoms with Gasteiger partial charge in [-0.3, -0.25) is 4.99 Å². The Hall–Kier alpha value is -1.35. The second-order valence-corrected chi connectivity index (χ2v) is 7.45. The molecule has 3 saturated heterocycles. The van der Waals surface area contributed by atoms with E-state index in [1.165, 1.54) is 12.8 Å². The van der Waals surface area contributed by atoms with E-state index in [-0.39, 0.29) is 24.0 Å². The zero-order chi connectivity index (χ0) is 16.8. The van der Waals surface area contributed by atoms with Crippen LogP contribution < -0.4 is 5.32 Å². The molecule has 6 nitrogen and oxygen atoms in total. The molecule has 0 saturated carbocycles. The highest BCUT2D eigenvalue weighted by molar-refractivity contribution is 14.0. The van der Waals surface area contributed by atoms with Gasteiger partial charge in [0.05, 0.1) is 17.9 Å². The zero-order valence-corrected chi connectivity index (χ0v) is 17.4. The predicted molar refractivity (Wildman–Crippen MR) is 112 cm³/mol. The second kappa shape index (κ2) is 7.34. The summed E-state index contributed by atoms with van der Waals surface area (Å²) in [5.41, 5.74) is 2.11. The van der Waals surface area contributed by atoms with Crippen molar-refractivity contribution in [2.75, 3.05) is 26.7 Å². The van der Waals surface area contributed by atoms with E-state index in [1.54, 1.807) is 0 Å². The van der Waals surface area contributed by atoms with Crippen LogP contribution in [0.3, 0.4) is 0 Å². The van der Waals surface area contributed by atoms with Crippen molar-refractivity contribution in [2.24, 2.45) is 16.8 Å². The van der Waals surface area contributed by atoms with Gasteiger partial charge >= 0.3 is 0 Å². The molecular formula is C19H26IN5O. The number of rotatable bonds is 3. The molecule has 3 fully saturated rings. The van der Waals surface area contributed by atoms with Crippen LogP contribution >= 0.6 is 24.0 Å². The van der Waals surface area contributed by atoms with Gasteiger partial charge < -0.3 is 19.4 Å². The third kappa shape index (κ3) is 3.09. The number of aliphatic imine (C=N–C) groups is 1. The SMILES string of the molecule is CN=C(NCCc1cn2ccccc2n1)N1CC2C3CCC(O3)C2C1.I. The molecule has 7 heteroatoms. The molecule has 2 bridgehead atoms. The molecule has 5 heterocycles. The molecule has 2 aromatic heterocycles. The standard InChI is InChI=1S/C19H25N5O.HI/c1-20-19(24-11-14-15(12-24)17-6-5-16(14)25-17)21-8-7-13-10-23-9-3-2-4-18(23)22-13;/h2-4,9-10,14-17H,5-8,11-12H2,1H3,(H,20,21);1H. The number of ether oxygens (including phenoxy) is 1. The number of guanidine groups is 1. The fraction of sp³-hybridized carbons (Fsp3) is 0.579. The molecule has 0 spiro atoms. The highest BCUT2D eigenvalue weighted by Crippen LogP contribution is 2.47. The molecule has 26 heavy (non-hydrogen) atoms. The first-order valence-electron chi connectivity index (χ1n) is 9.35. The van der Waals surface area contributed by atoms with E-state index in [1.807, 2.05) is 31.4 Å². The first-order chi connectivity index (χ1) is 12.3. The van der Waals surface area contributed by atoms with Gasteiger partial charge in [0.2, 0.25) is 0 Å². The molecule has 3 aliphatic heterocycles. The molecule has 5 rings (SSSR count). The minimum atomic E-state index is 0. The molecular weight excluding hydrogens is 441 g/mol. The fourth-order valence-electron chi connectivity index (χ4n) is 4.88. The number of aromatic nitrogens is 2. The van der Waals surface area contributed by atoms with E-state index < -0.39 is 0 Å². The van der Waals surface area contributed by atoms with Crippen molar-refractivity contribution in [1.29, 1.82) is 0 Å². The van der Waals surface area contributed by atoms with E-state index in [4.69, 9.17) is 4.74 Å². The predicted octanol–water partition coefficient (Wildman–Crippen LogP) is 2.18. The van der Waals surface area contributed by atoms with Crippen LogP contribution in [0.5, 0.6) is 0 Å². The molecule has 3 aliphatic rings. The van der Waals surface area contributed by atoms with Gasteiger partial charge in [-0.05, 0) is 25.0 Å². The molecule has 2 aromatic rings. The van der Waals surface area contributed by atoms with Crippen molar-refractivity contribution in [3.05, 3.63) is 36.3 Å². The maximum atomic E-state index is 6.07. The van der Waals surface area contributed by atoms with Crippen molar-refractivity contribution < 1.29 is 4.74 Å². The Morgan fingerprint density at radius 3 is 2.73 bits per heavy atom. The Kier molecular flexibility index (Phi) is 5.09. The summed E-state index contributed by atoms with van der Waals surface area (Å²) < 4.78 is 8.14. The summed E-state index contributed by atoms with van der Waals surface area (Å²) >= 11 is 0. The lowest BCUT2D eigenvalue weighted by molar-refractivity contribution is 0.0767. The van der Waals surface area contributed by atoms with Gasteiger partial charge in [-0.25, -0.2) is 4.98 Å². The van der Waals surface area contributed by atoms with Crippen LogP contribution in [0.15, 0.2) is 35.6 Å². The number of imidazole rings is 1. The average molecular weight is 467 g/mol. The van der Waals surface area contributed by atoms with E-state index in [0.29, 0.717) is 24.0 Å². The Balaban J connectivity index is 0.00000168. The van der Waals surface area contributed by atoms with Gasteiger partial charge in [-0.2, -0.15) is 0 Å². The van der Waals surface area contributed by atoms with Gasteiger partial charge in [0.15, 0.2) is 5.96 Å². The van der Waals surface area contributed by atoms with Gasteiger partial charge in [0, 0.05) is 57.3 Å². The summed E-state index contributed by atoms with van der Waals surface area (Å²) in [6.07, 6.45) is 8.54. The number of pyridine rings is 1. The smallest absolute Gasteiger partial charge is 0.193 e. The van der Waals surface area contributed by atoms with E-state index in [2.05, 4.69) is 30.8 Å². The van der Waals surface area contributed by atoms with Crippen molar-refractivity contribution in [1.82, 2.24) is 19.6 Å². The number of halogens is 1. The molecule has 4 unspecified atom stereocenters. The van der Waals surface area contributed by atoms with E-state index >= 15 is 0 Å². The zero-order valence-electron chi connectivity index (χ0n) is 15.0. The third-order valence-corrected chi connectivity index (χ3v) is 6.04. The van der Waals surface area contributed by atoms with Gasteiger partial charge in [0.25, 0.3) is 0 Å². The molecule has 0 amide bonds. The summed E-state index contributed by atoms with van der Waals surface area (Å²) in [6.45, 7) is 3.02. The maximum Gasteiger partial charge on any atom is 0.193 e. The highest BCUT2D eigenvalue weighted by atomic mass is 127. The van der Waals surface area contributed by atoms with Crippen LogP contribution in [-0.2, 0) is 11.2 Å². The summed E-state index contributed by atoms with van der Waals surface area (Å²) in [5, 5.41) is 3.53. The average Bonchev–Trinajstić information content (AvgIpc) is 3.39. The van der Waals surface area contributed by atoms with Crippen molar-refractivity contribution in [2.45, 2.75) is 31.5 Å². The quantitative estimate of drug-likeness (QED) is 0.427. The van der Waals surface area contributed by atoms with Crippen LogP contribution in [0.4, 0.5) is 0 Å². The summed E-state index contributed by atoms with van der Waals surface area (Å²) in [7, 11) is 1.88. The van der Waals surface area contributed by atoms with Gasteiger partial charge in [0.1, 0.15) is 5.65 Å². The van der Waals surface area contributed by atoms with Crippen LogP contribution in [0.2, 0.25) is 0 Å². The molecule has 0 radical (unpaired) electrons. The number of hydrogen-bond donors (Lipinski definition) is 1. The third-order valence-electron chi connectivity index (χ3n) is 6.04. The summed E-state index contributed by atoms with van der Waals surface area (Å²) in [4.78, 5) is 11.6. The highest BCUT2D eigenvalue weighted by Gasteiger charge is 2.53. The Bertz CT molecular complexity index is 755. The van der Waals surface area contributed by atoms with Crippen molar-refractivity contribution in [3.63, 3.8) is 0 Å². The van der Waals surface area contributed by atoms with E-state index in [0.717, 1.165) is 43.4 Å². The lowest BCUT2D eigenvalue weighted by atomic mass is 9.82. The molecule has 4 atom stereocenters. The first kappa shape index (κ1) is 18.0. The molecule has 1 N–H and O–H groups in total. The first-order valence-corrected chi connectivity index (χ1v) is 9.35. The topological polar surface area (TPSA) is 54.2 Å². The molecule has 0 aliphatic carbocycles. The Labute approximate surface area is 171 Å². The van der Waals surface area contributed by atoms with Crippen LogP contribution in [-0.4, -0.2) is 59.1 Å². The van der Waals surface area contributed by atoms with E-state index in [9.17, 15) is 0 Å². The summed E-state index contributed by atoms with van der Waals surface area (Å²) in [5.74, 6) is 2.43. The molecule has 140 valence electrons. The number of likely N-dealkylation sites (tertiary alicyclic amines) is 1. The lowest BCUT2D eigenvalue weighted by Gasteiger charge is -2.23. The monoisotopic (exact) mass is 467 g/mol. The molecule has 0 aromatic carbocycles. The van der Waals surface area contributed by atoms with Gasteiger partial charge in [-0.15, -0.1) is 24.0 Å². The van der Waals surface area contributed by atoms with Crippen LogP contribution in [0.1, 0.15) is 18.5 Å². The number of nitrogens with one attached hydrogen (secondary N) is 1. The number of fused-ring (bicyclic) bond motifs is 6. The fourth-order valence-corrected chi connectivity index (χ4v) is 4.88. The minimum absolute atomic E-state index is 0. The van der Waals surface area contributed by atoms with Crippen LogP contribution in [0.25, 0.3) is 5.65 Å². The second-order valence-electron chi connectivity index (χ2n) is 7.45. The number of hydrogen-bond acceptors (Lipinski definition) is 3. The van der Waals surface area contributed by atoms with Crippen LogP contribution in [0, 0.1) is 11.8 Å². The van der Waals surface area contributed by atoms with Gasteiger partial charge in [-0.1, -0.05) is 6.07 Å².